The Kier molecular flexibility index (Phi) is 5.49. The number of halogens is 2. The van der Waals surface area contributed by atoms with Gasteiger partial charge in [0.1, 0.15) is 0 Å². The van der Waals surface area contributed by atoms with Crippen LogP contribution in [0.1, 0.15) is 61.7 Å². The first-order chi connectivity index (χ1) is 11.6. The molecule has 1 aliphatic heterocycles. The topological polar surface area (TPSA) is 32.3 Å². The van der Waals surface area contributed by atoms with Crippen molar-refractivity contribution < 1.29 is 13.6 Å². The quantitative estimate of drug-likeness (QED) is 0.905. The Morgan fingerprint density at radius 1 is 1.00 bits per heavy atom. The van der Waals surface area contributed by atoms with Gasteiger partial charge >= 0.3 is 0 Å². The molecule has 3 nitrogen and oxygen atoms in total. The molecule has 2 aliphatic rings. The van der Waals surface area contributed by atoms with E-state index in [0.29, 0.717) is 6.54 Å². The van der Waals surface area contributed by atoms with Crippen molar-refractivity contribution >= 4 is 5.91 Å². The van der Waals surface area contributed by atoms with Crippen LogP contribution in [0.3, 0.4) is 0 Å². The van der Waals surface area contributed by atoms with Crippen LogP contribution in [0.5, 0.6) is 0 Å². The first kappa shape index (κ1) is 17.3. The molecule has 1 N–H and O–H groups in total. The maximum absolute atomic E-state index is 13.3. The van der Waals surface area contributed by atoms with Gasteiger partial charge in [-0.15, -0.1) is 0 Å². The van der Waals surface area contributed by atoms with E-state index in [1.165, 1.54) is 44.6 Å². The lowest BCUT2D eigenvalue weighted by Gasteiger charge is -2.48. The van der Waals surface area contributed by atoms with Crippen LogP contribution < -0.4 is 5.32 Å². The van der Waals surface area contributed by atoms with Crippen molar-refractivity contribution in [3.63, 3.8) is 0 Å². The minimum Gasteiger partial charge on any atom is -0.350 e. The molecule has 1 amide bonds. The van der Waals surface area contributed by atoms with Crippen LogP contribution in [0, 0.1) is 11.6 Å². The lowest BCUT2D eigenvalue weighted by atomic mass is 9.79. The van der Waals surface area contributed by atoms with Crippen LogP contribution >= 0.6 is 0 Å². The molecule has 1 saturated carbocycles. The number of piperidine rings is 1. The summed E-state index contributed by atoms with van der Waals surface area (Å²) in [5.74, 6) is -2.23. The third-order valence-electron chi connectivity index (χ3n) is 5.57. The summed E-state index contributed by atoms with van der Waals surface area (Å²) in [6.07, 6.45) is 9.57. The number of carbonyl (C=O) groups excluding carboxylic acids is 1. The number of amides is 1. The molecule has 3 rings (SSSR count). The van der Waals surface area contributed by atoms with Crippen molar-refractivity contribution in [2.75, 3.05) is 19.6 Å². The highest BCUT2D eigenvalue weighted by molar-refractivity contribution is 5.94. The van der Waals surface area contributed by atoms with E-state index in [0.717, 1.165) is 38.1 Å². The van der Waals surface area contributed by atoms with Gasteiger partial charge in [-0.25, -0.2) is 8.78 Å². The highest BCUT2D eigenvalue weighted by Gasteiger charge is 2.38. The molecule has 1 saturated heterocycles. The maximum Gasteiger partial charge on any atom is 0.251 e. The third kappa shape index (κ3) is 3.77. The van der Waals surface area contributed by atoms with Gasteiger partial charge in [0, 0.05) is 17.6 Å². The number of benzene rings is 1. The zero-order chi connectivity index (χ0) is 17.0. The summed E-state index contributed by atoms with van der Waals surface area (Å²) in [7, 11) is 0. The monoisotopic (exact) mass is 336 g/mol. The molecule has 0 radical (unpaired) electrons. The van der Waals surface area contributed by atoms with Gasteiger partial charge in [-0.3, -0.25) is 9.69 Å². The average molecular weight is 336 g/mol. The fraction of sp³-hybridized carbons (Fsp3) is 0.632. The lowest BCUT2D eigenvalue weighted by Crippen LogP contribution is -2.58. The number of rotatable bonds is 4. The Labute approximate surface area is 142 Å². The second kappa shape index (κ2) is 7.60. The summed E-state index contributed by atoms with van der Waals surface area (Å²) in [6.45, 7) is 2.78. The summed E-state index contributed by atoms with van der Waals surface area (Å²) in [4.78, 5) is 14.9. The lowest BCUT2D eigenvalue weighted by molar-refractivity contribution is 0.0326. The van der Waals surface area contributed by atoms with Crippen molar-refractivity contribution in [2.24, 2.45) is 0 Å². The number of nitrogens with zero attached hydrogens (tertiary/aromatic N) is 1. The zero-order valence-electron chi connectivity index (χ0n) is 14.1. The number of hydrogen-bond donors (Lipinski definition) is 1. The molecule has 1 aromatic rings. The van der Waals surface area contributed by atoms with E-state index in [2.05, 4.69) is 10.2 Å². The molecule has 1 aromatic carbocycles. The van der Waals surface area contributed by atoms with E-state index >= 15 is 0 Å². The molecule has 0 aromatic heterocycles. The Bertz CT molecular complexity index is 579. The molecule has 0 spiro atoms. The van der Waals surface area contributed by atoms with Crippen molar-refractivity contribution in [3.05, 3.63) is 35.4 Å². The molecule has 1 heterocycles. The molecular weight excluding hydrogens is 310 g/mol. The summed E-state index contributed by atoms with van der Waals surface area (Å²) in [6, 6.07) is 3.31. The average Bonchev–Trinajstić information content (AvgIpc) is 2.63. The summed E-state index contributed by atoms with van der Waals surface area (Å²) in [5, 5.41) is 2.98. The van der Waals surface area contributed by atoms with Crippen molar-refractivity contribution in [2.45, 2.75) is 56.9 Å². The van der Waals surface area contributed by atoms with Crippen LogP contribution in [0.15, 0.2) is 18.2 Å². The summed E-state index contributed by atoms with van der Waals surface area (Å²) < 4.78 is 26.4. The molecule has 2 fully saturated rings. The van der Waals surface area contributed by atoms with Gasteiger partial charge in [0.2, 0.25) is 0 Å². The van der Waals surface area contributed by atoms with Crippen LogP contribution in [0.4, 0.5) is 8.78 Å². The fourth-order valence-electron chi connectivity index (χ4n) is 4.17. The van der Waals surface area contributed by atoms with E-state index in [1.54, 1.807) is 0 Å². The van der Waals surface area contributed by atoms with Crippen molar-refractivity contribution in [3.8, 4) is 0 Å². The Balaban J connectivity index is 1.68. The highest BCUT2D eigenvalue weighted by atomic mass is 19.2. The number of likely N-dealkylation sites (tertiary alicyclic amines) is 1. The standard InChI is InChI=1S/C19H26F2N2O/c20-16-8-7-15(13-17(16)21)18(24)22-14-19(9-3-1-4-10-19)23-11-5-2-6-12-23/h7-8,13H,1-6,9-12,14H2,(H,22,24). The Hall–Kier alpha value is -1.49. The number of carbonyl (C=O) groups is 1. The smallest absolute Gasteiger partial charge is 0.251 e. The molecule has 5 heteroatoms. The molecule has 1 aliphatic carbocycles. The van der Waals surface area contributed by atoms with Gasteiger partial charge in [0.05, 0.1) is 0 Å². The van der Waals surface area contributed by atoms with Crippen LogP contribution in [0.2, 0.25) is 0 Å². The SMILES string of the molecule is O=C(NCC1(N2CCCCC2)CCCCC1)c1ccc(F)c(F)c1. The van der Waals surface area contributed by atoms with Crippen molar-refractivity contribution in [1.29, 1.82) is 0 Å². The van der Waals surface area contributed by atoms with Gasteiger partial charge in [-0.2, -0.15) is 0 Å². The van der Waals surface area contributed by atoms with E-state index in [4.69, 9.17) is 0 Å². The molecule has 0 atom stereocenters. The predicted molar refractivity (Wildman–Crippen MR) is 89.9 cm³/mol. The highest BCUT2D eigenvalue weighted by Crippen LogP contribution is 2.35. The van der Waals surface area contributed by atoms with E-state index in [1.807, 2.05) is 0 Å². The van der Waals surface area contributed by atoms with Crippen molar-refractivity contribution in [1.82, 2.24) is 10.2 Å². The van der Waals surface area contributed by atoms with E-state index in [9.17, 15) is 13.6 Å². The molecule has 24 heavy (non-hydrogen) atoms. The van der Waals surface area contributed by atoms with Gasteiger partial charge in [0.15, 0.2) is 11.6 Å². The minimum atomic E-state index is -0.980. The molecule has 0 bridgehead atoms. The first-order valence-corrected chi connectivity index (χ1v) is 9.09. The normalized spacial score (nSPS) is 21.4. The van der Waals surface area contributed by atoms with E-state index < -0.39 is 11.6 Å². The van der Waals surface area contributed by atoms with Gasteiger partial charge < -0.3 is 5.32 Å². The van der Waals surface area contributed by atoms with Crippen LogP contribution in [-0.2, 0) is 0 Å². The number of nitrogens with one attached hydrogen (secondary N) is 1. The largest absolute Gasteiger partial charge is 0.350 e. The van der Waals surface area contributed by atoms with Gasteiger partial charge in [-0.1, -0.05) is 25.7 Å². The third-order valence-corrected chi connectivity index (χ3v) is 5.57. The Morgan fingerprint density at radius 2 is 1.67 bits per heavy atom. The summed E-state index contributed by atoms with van der Waals surface area (Å²) >= 11 is 0. The first-order valence-electron chi connectivity index (χ1n) is 9.09. The second-order valence-corrected chi connectivity index (χ2v) is 7.14. The van der Waals surface area contributed by atoms with Crippen LogP contribution in [0.25, 0.3) is 0 Å². The molecule has 132 valence electrons. The molecular formula is C19H26F2N2O. The fourth-order valence-corrected chi connectivity index (χ4v) is 4.17. The van der Waals surface area contributed by atoms with E-state index in [-0.39, 0.29) is 17.0 Å². The number of hydrogen-bond acceptors (Lipinski definition) is 2. The van der Waals surface area contributed by atoms with Gasteiger partial charge in [0.25, 0.3) is 5.91 Å². The maximum atomic E-state index is 13.3. The second-order valence-electron chi connectivity index (χ2n) is 7.14. The molecule has 0 unspecified atom stereocenters. The summed E-state index contributed by atoms with van der Waals surface area (Å²) in [5.41, 5.74) is 0.214. The zero-order valence-corrected chi connectivity index (χ0v) is 14.1. The predicted octanol–water partition coefficient (Wildman–Crippen LogP) is 3.88. The van der Waals surface area contributed by atoms with Crippen LogP contribution in [-0.4, -0.2) is 36.0 Å². The minimum absolute atomic E-state index is 0.0346. The van der Waals surface area contributed by atoms with Gasteiger partial charge in [-0.05, 0) is 57.0 Å². The Morgan fingerprint density at radius 3 is 2.33 bits per heavy atom.